The number of hydrogen-bond donors (Lipinski definition) is 0. The molecular formula is C22H23F3N2O3S. The number of alkyl halides is 3. The summed E-state index contributed by atoms with van der Waals surface area (Å²) in [5.74, 6) is -0.257. The Balaban J connectivity index is 1.50. The summed E-state index contributed by atoms with van der Waals surface area (Å²) in [6, 6.07) is 10.8. The van der Waals surface area contributed by atoms with Gasteiger partial charge in [-0.05, 0) is 67.6 Å². The van der Waals surface area contributed by atoms with Gasteiger partial charge in [-0.2, -0.15) is 17.5 Å². The van der Waals surface area contributed by atoms with Gasteiger partial charge in [0.25, 0.3) is 5.91 Å². The van der Waals surface area contributed by atoms with Gasteiger partial charge in [0.15, 0.2) is 0 Å². The number of amides is 1. The SMILES string of the molecule is O=C(c1ccc(S(=O)(=O)N2CCCC2)cc1)N(Cc1ccc(C(F)(F)F)cc1)C1CC1. The lowest BCUT2D eigenvalue weighted by Gasteiger charge is -2.23. The second-order valence-corrected chi connectivity index (χ2v) is 9.93. The zero-order valence-corrected chi connectivity index (χ0v) is 17.6. The molecule has 1 aliphatic heterocycles. The van der Waals surface area contributed by atoms with E-state index in [0.717, 1.165) is 37.8 Å². The molecule has 0 atom stereocenters. The molecule has 1 heterocycles. The molecule has 2 aromatic rings. The minimum atomic E-state index is -4.40. The van der Waals surface area contributed by atoms with Crippen molar-refractivity contribution in [3.8, 4) is 0 Å². The van der Waals surface area contributed by atoms with E-state index in [0.29, 0.717) is 24.2 Å². The first-order valence-electron chi connectivity index (χ1n) is 10.2. The van der Waals surface area contributed by atoms with Crippen molar-refractivity contribution >= 4 is 15.9 Å². The van der Waals surface area contributed by atoms with Crippen LogP contribution in [0.3, 0.4) is 0 Å². The molecule has 0 bridgehead atoms. The number of rotatable bonds is 6. The van der Waals surface area contributed by atoms with Crippen molar-refractivity contribution in [3.05, 3.63) is 65.2 Å². The Morgan fingerprint density at radius 3 is 2.06 bits per heavy atom. The topological polar surface area (TPSA) is 57.7 Å². The largest absolute Gasteiger partial charge is 0.416 e. The molecule has 1 saturated heterocycles. The summed E-state index contributed by atoms with van der Waals surface area (Å²) in [4.78, 5) is 14.9. The van der Waals surface area contributed by atoms with Crippen LogP contribution in [0.1, 0.15) is 47.2 Å². The first kappa shape index (κ1) is 21.8. The first-order chi connectivity index (χ1) is 14.7. The second kappa shape index (κ2) is 8.27. The minimum absolute atomic E-state index is 0.0443. The van der Waals surface area contributed by atoms with Crippen LogP contribution in [0.4, 0.5) is 13.2 Å². The lowest BCUT2D eigenvalue weighted by atomic mass is 10.1. The van der Waals surface area contributed by atoms with E-state index in [1.54, 1.807) is 4.90 Å². The Morgan fingerprint density at radius 1 is 0.968 bits per heavy atom. The Bertz CT molecular complexity index is 1040. The number of carbonyl (C=O) groups excluding carboxylic acids is 1. The van der Waals surface area contributed by atoms with Crippen molar-refractivity contribution in [2.45, 2.75) is 49.3 Å². The number of benzene rings is 2. The summed E-state index contributed by atoms with van der Waals surface area (Å²) in [7, 11) is -3.55. The molecular weight excluding hydrogens is 429 g/mol. The van der Waals surface area contributed by atoms with Crippen LogP contribution in [0.15, 0.2) is 53.4 Å². The molecule has 9 heteroatoms. The Hall–Kier alpha value is -2.39. The summed E-state index contributed by atoms with van der Waals surface area (Å²) in [6.45, 7) is 1.21. The Kier molecular flexibility index (Phi) is 5.83. The summed E-state index contributed by atoms with van der Waals surface area (Å²) < 4.78 is 65.1. The van der Waals surface area contributed by atoms with Crippen LogP contribution in [0.5, 0.6) is 0 Å². The van der Waals surface area contributed by atoms with E-state index in [-0.39, 0.29) is 23.4 Å². The van der Waals surface area contributed by atoms with Gasteiger partial charge in [-0.15, -0.1) is 0 Å². The van der Waals surface area contributed by atoms with Gasteiger partial charge in [0, 0.05) is 31.2 Å². The molecule has 2 aliphatic rings. The van der Waals surface area contributed by atoms with E-state index in [9.17, 15) is 26.4 Å². The smallest absolute Gasteiger partial charge is 0.331 e. The van der Waals surface area contributed by atoms with Crippen LogP contribution in [0.25, 0.3) is 0 Å². The van der Waals surface area contributed by atoms with Crippen LogP contribution < -0.4 is 0 Å². The average molecular weight is 452 g/mol. The lowest BCUT2D eigenvalue weighted by molar-refractivity contribution is -0.137. The fraction of sp³-hybridized carbons (Fsp3) is 0.409. The molecule has 2 fully saturated rings. The monoisotopic (exact) mass is 452 g/mol. The predicted octanol–water partition coefficient (Wildman–Crippen LogP) is 4.29. The second-order valence-electron chi connectivity index (χ2n) is 7.99. The predicted molar refractivity (Wildman–Crippen MR) is 109 cm³/mol. The zero-order valence-electron chi connectivity index (χ0n) is 16.8. The maximum Gasteiger partial charge on any atom is 0.416 e. The van der Waals surface area contributed by atoms with Crippen LogP contribution in [-0.2, 0) is 22.7 Å². The van der Waals surface area contributed by atoms with Gasteiger partial charge in [-0.1, -0.05) is 12.1 Å². The van der Waals surface area contributed by atoms with Gasteiger partial charge in [0.05, 0.1) is 10.5 Å². The van der Waals surface area contributed by atoms with Crippen molar-refractivity contribution in [3.63, 3.8) is 0 Å². The number of nitrogens with zero attached hydrogens (tertiary/aromatic N) is 2. The fourth-order valence-corrected chi connectivity index (χ4v) is 5.28. The molecule has 31 heavy (non-hydrogen) atoms. The average Bonchev–Trinajstić information content (AvgIpc) is 3.42. The van der Waals surface area contributed by atoms with E-state index in [4.69, 9.17) is 0 Å². The van der Waals surface area contributed by atoms with E-state index < -0.39 is 21.8 Å². The van der Waals surface area contributed by atoms with Crippen molar-refractivity contribution in [2.75, 3.05) is 13.1 Å². The third-order valence-electron chi connectivity index (χ3n) is 5.69. The molecule has 5 nitrogen and oxygen atoms in total. The maximum atomic E-state index is 13.1. The van der Waals surface area contributed by atoms with Gasteiger partial charge in [0.1, 0.15) is 0 Å². The van der Waals surface area contributed by atoms with Crippen LogP contribution in [-0.4, -0.2) is 42.7 Å². The third-order valence-corrected chi connectivity index (χ3v) is 7.60. The molecule has 0 aromatic heterocycles. The molecule has 4 rings (SSSR count). The van der Waals surface area contributed by atoms with Gasteiger partial charge in [-0.25, -0.2) is 8.42 Å². The van der Waals surface area contributed by atoms with Gasteiger partial charge in [0.2, 0.25) is 10.0 Å². The van der Waals surface area contributed by atoms with E-state index in [1.807, 2.05) is 0 Å². The molecule has 0 unspecified atom stereocenters. The highest BCUT2D eigenvalue weighted by Gasteiger charge is 2.34. The van der Waals surface area contributed by atoms with Crippen LogP contribution >= 0.6 is 0 Å². The zero-order chi connectivity index (χ0) is 22.2. The summed E-state index contributed by atoms with van der Waals surface area (Å²) in [6.07, 6.45) is -1.03. The molecule has 166 valence electrons. The minimum Gasteiger partial charge on any atom is -0.331 e. The number of carbonyl (C=O) groups is 1. The third kappa shape index (κ3) is 4.77. The van der Waals surface area contributed by atoms with Crippen molar-refractivity contribution in [1.29, 1.82) is 0 Å². The molecule has 2 aromatic carbocycles. The first-order valence-corrected chi connectivity index (χ1v) is 11.7. The van der Waals surface area contributed by atoms with Gasteiger partial charge >= 0.3 is 6.18 Å². The summed E-state index contributed by atoms with van der Waals surface area (Å²) in [5, 5.41) is 0. The number of sulfonamides is 1. The van der Waals surface area contributed by atoms with Gasteiger partial charge < -0.3 is 4.90 Å². The van der Waals surface area contributed by atoms with Crippen LogP contribution in [0.2, 0.25) is 0 Å². The molecule has 1 amide bonds. The maximum absolute atomic E-state index is 13.1. The summed E-state index contributed by atoms with van der Waals surface area (Å²) in [5.41, 5.74) is 0.246. The molecule has 1 aliphatic carbocycles. The van der Waals surface area contributed by atoms with E-state index in [2.05, 4.69) is 0 Å². The summed E-state index contributed by atoms with van der Waals surface area (Å²) >= 11 is 0. The Morgan fingerprint density at radius 2 is 1.55 bits per heavy atom. The van der Waals surface area contributed by atoms with Gasteiger partial charge in [-0.3, -0.25) is 4.79 Å². The highest BCUT2D eigenvalue weighted by Crippen LogP contribution is 2.32. The molecule has 0 radical (unpaired) electrons. The quantitative estimate of drug-likeness (QED) is 0.657. The highest BCUT2D eigenvalue weighted by atomic mass is 32.2. The van der Waals surface area contributed by atoms with E-state index in [1.165, 1.54) is 40.7 Å². The van der Waals surface area contributed by atoms with Crippen LogP contribution in [0, 0.1) is 0 Å². The fourth-order valence-electron chi connectivity index (χ4n) is 3.76. The Labute approximate surface area is 179 Å². The van der Waals surface area contributed by atoms with Crippen molar-refractivity contribution in [2.24, 2.45) is 0 Å². The number of hydrogen-bond acceptors (Lipinski definition) is 3. The van der Waals surface area contributed by atoms with Crippen molar-refractivity contribution in [1.82, 2.24) is 9.21 Å². The van der Waals surface area contributed by atoms with Crippen molar-refractivity contribution < 1.29 is 26.4 Å². The molecule has 0 N–H and O–H groups in total. The number of halogens is 3. The lowest BCUT2D eigenvalue weighted by Crippen LogP contribution is -2.32. The highest BCUT2D eigenvalue weighted by molar-refractivity contribution is 7.89. The normalized spacial score (nSPS) is 17.6. The molecule has 1 saturated carbocycles. The molecule has 0 spiro atoms. The van der Waals surface area contributed by atoms with E-state index >= 15 is 0 Å². The standard InChI is InChI=1S/C22H23F3N2O3S/c23-22(24,25)18-7-3-16(4-8-18)15-27(19-9-10-19)21(28)17-5-11-20(12-6-17)31(29,30)26-13-1-2-14-26/h3-8,11-12,19H,1-2,9-10,13-15H2.